The Hall–Kier alpha value is -2.49. The molecule has 2 aromatic carbocycles. The molecule has 0 bridgehead atoms. The smallest absolute Gasteiger partial charge is 0.161 e. The van der Waals surface area contributed by atoms with Gasteiger partial charge in [-0.2, -0.15) is 0 Å². The summed E-state index contributed by atoms with van der Waals surface area (Å²) in [4.78, 5) is 0. The topological polar surface area (TPSA) is 23.4 Å². The van der Waals surface area contributed by atoms with E-state index < -0.39 is 0 Å². The van der Waals surface area contributed by atoms with Crippen LogP contribution in [0.25, 0.3) is 10.9 Å². The standard InChI is InChI=1S/C18H18FNO2/c1-3-20-11-13(18-14(19)7-6-8-15(18)20)12-22-17-10-5-4-9-16(17)21-2/h4-11H,3,12H2,1-2H3. The van der Waals surface area contributed by atoms with Gasteiger partial charge in [0.2, 0.25) is 0 Å². The van der Waals surface area contributed by atoms with Gasteiger partial charge in [0.25, 0.3) is 0 Å². The van der Waals surface area contributed by atoms with Crippen LogP contribution in [0, 0.1) is 5.82 Å². The Kier molecular flexibility index (Phi) is 4.00. The van der Waals surface area contributed by atoms with Crippen LogP contribution in [0.2, 0.25) is 0 Å². The molecule has 114 valence electrons. The average Bonchev–Trinajstić information content (AvgIpc) is 2.92. The van der Waals surface area contributed by atoms with Crippen molar-refractivity contribution in [2.45, 2.75) is 20.1 Å². The van der Waals surface area contributed by atoms with Crippen molar-refractivity contribution < 1.29 is 13.9 Å². The number of para-hydroxylation sites is 2. The summed E-state index contributed by atoms with van der Waals surface area (Å²) >= 11 is 0. The van der Waals surface area contributed by atoms with Gasteiger partial charge in [-0.25, -0.2) is 4.39 Å². The lowest BCUT2D eigenvalue weighted by atomic mass is 10.2. The summed E-state index contributed by atoms with van der Waals surface area (Å²) in [5.41, 5.74) is 1.72. The van der Waals surface area contributed by atoms with Gasteiger partial charge in [0, 0.05) is 23.7 Å². The maximum Gasteiger partial charge on any atom is 0.161 e. The Balaban J connectivity index is 1.94. The Labute approximate surface area is 128 Å². The molecule has 0 saturated carbocycles. The molecule has 0 atom stereocenters. The van der Waals surface area contributed by atoms with Crippen LogP contribution in [0.4, 0.5) is 4.39 Å². The van der Waals surface area contributed by atoms with Gasteiger partial charge in [0.15, 0.2) is 11.5 Å². The Bertz CT molecular complexity index is 795. The molecule has 3 nitrogen and oxygen atoms in total. The van der Waals surface area contributed by atoms with E-state index in [0.29, 0.717) is 23.5 Å². The van der Waals surface area contributed by atoms with Crippen LogP contribution in [0.15, 0.2) is 48.7 Å². The van der Waals surface area contributed by atoms with E-state index in [1.807, 2.05) is 48.0 Å². The van der Waals surface area contributed by atoms with Crippen molar-refractivity contribution >= 4 is 10.9 Å². The van der Waals surface area contributed by atoms with Gasteiger partial charge < -0.3 is 14.0 Å². The lowest BCUT2D eigenvalue weighted by Gasteiger charge is -2.09. The van der Waals surface area contributed by atoms with Crippen LogP contribution < -0.4 is 9.47 Å². The van der Waals surface area contributed by atoms with Crippen LogP contribution in [0.3, 0.4) is 0 Å². The number of fused-ring (bicyclic) bond motifs is 1. The van der Waals surface area contributed by atoms with Gasteiger partial charge in [-0.15, -0.1) is 0 Å². The third-order valence-electron chi connectivity index (χ3n) is 3.73. The van der Waals surface area contributed by atoms with Gasteiger partial charge in [-0.3, -0.25) is 0 Å². The van der Waals surface area contributed by atoms with Crippen molar-refractivity contribution in [1.29, 1.82) is 0 Å². The summed E-state index contributed by atoms with van der Waals surface area (Å²) in [6, 6.07) is 12.6. The monoisotopic (exact) mass is 299 g/mol. The molecule has 0 amide bonds. The van der Waals surface area contributed by atoms with E-state index in [4.69, 9.17) is 9.47 Å². The predicted molar refractivity (Wildman–Crippen MR) is 84.9 cm³/mol. The second kappa shape index (κ2) is 6.10. The number of nitrogens with zero attached hydrogens (tertiary/aromatic N) is 1. The molecule has 0 saturated heterocycles. The van der Waals surface area contributed by atoms with Gasteiger partial charge in [0.05, 0.1) is 12.6 Å². The summed E-state index contributed by atoms with van der Waals surface area (Å²) in [6.07, 6.45) is 1.95. The fraction of sp³-hybridized carbons (Fsp3) is 0.222. The van der Waals surface area contributed by atoms with Crippen molar-refractivity contribution in [2.75, 3.05) is 7.11 Å². The Morgan fingerprint density at radius 3 is 2.55 bits per heavy atom. The zero-order chi connectivity index (χ0) is 15.5. The van der Waals surface area contributed by atoms with Crippen LogP contribution in [0.1, 0.15) is 12.5 Å². The molecule has 0 spiro atoms. The minimum atomic E-state index is -0.219. The quantitative estimate of drug-likeness (QED) is 0.697. The van der Waals surface area contributed by atoms with Crippen molar-refractivity contribution in [1.82, 2.24) is 4.57 Å². The molecule has 22 heavy (non-hydrogen) atoms. The second-order valence-corrected chi connectivity index (χ2v) is 5.01. The lowest BCUT2D eigenvalue weighted by molar-refractivity contribution is 0.285. The van der Waals surface area contributed by atoms with E-state index >= 15 is 0 Å². The van der Waals surface area contributed by atoms with Gasteiger partial charge in [-0.05, 0) is 31.2 Å². The first-order valence-corrected chi connectivity index (χ1v) is 7.26. The molecule has 1 heterocycles. The highest BCUT2D eigenvalue weighted by Crippen LogP contribution is 2.29. The normalized spacial score (nSPS) is 10.9. The van der Waals surface area contributed by atoms with Crippen LogP contribution in [-0.2, 0) is 13.2 Å². The highest BCUT2D eigenvalue weighted by molar-refractivity contribution is 5.84. The molecule has 0 aliphatic heterocycles. The number of aryl methyl sites for hydroxylation is 1. The third-order valence-corrected chi connectivity index (χ3v) is 3.73. The molecule has 3 aromatic rings. The molecular formula is C18H18FNO2. The zero-order valence-corrected chi connectivity index (χ0v) is 12.7. The molecular weight excluding hydrogens is 281 g/mol. The van der Waals surface area contributed by atoms with Crippen molar-refractivity contribution in [3.63, 3.8) is 0 Å². The average molecular weight is 299 g/mol. The minimum absolute atomic E-state index is 0.219. The summed E-state index contributed by atoms with van der Waals surface area (Å²) in [6.45, 7) is 3.12. The number of methoxy groups -OCH3 is 1. The van der Waals surface area contributed by atoms with Gasteiger partial charge in [0.1, 0.15) is 12.4 Å². The van der Waals surface area contributed by atoms with Crippen molar-refractivity contribution in [2.24, 2.45) is 0 Å². The highest BCUT2D eigenvalue weighted by atomic mass is 19.1. The Morgan fingerprint density at radius 1 is 1.05 bits per heavy atom. The van der Waals surface area contributed by atoms with Crippen molar-refractivity contribution in [3.8, 4) is 11.5 Å². The fourth-order valence-corrected chi connectivity index (χ4v) is 2.66. The summed E-state index contributed by atoms with van der Waals surface area (Å²) < 4.78 is 27.3. The van der Waals surface area contributed by atoms with E-state index in [0.717, 1.165) is 17.6 Å². The molecule has 4 heteroatoms. The molecule has 0 unspecified atom stereocenters. The molecule has 1 aromatic heterocycles. The first kappa shape index (κ1) is 14.4. The van der Waals surface area contributed by atoms with E-state index in [1.54, 1.807) is 13.2 Å². The van der Waals surface area contributed by atoms with E-state index in [9.17, 15) is 4.39 Å². The predicted octanol–water partition coefficient (Wildman–Crippen LogP) is 4.39. The maximum atomic E-state index is 14.2. The third kappa shape index (κ3) is 2.52. The van der Waals surface area contributed by atoms with E-state index in [-0.39, 0.29) is 5.82 Å². The minimum Gasteiger partial charge on any atom is -0.493 e. The molecule has 0 fully saturated rings. The molecule has 0 aliphatic rings. The number of rotatable bonds is 5. The first-order valence-electron chi connectivity index (χ1n) is 7.26. The number of aromatic nitrogens is 1. The number of hydrogen-bond donors (Lipinski definition) is 0. The fourth-order valence-electron chi connectivity index (χ4n) is 2.66. The number of benzene rings is 2. The van der Waals surface area contributed by atoms with E-state index in [2.05, 4.69) is 0 Å². The number of ether oxygens (including phenoxy) is 2. The molecule has 0 radical (unpaired) electrons. The largest absolute Gasteiger partial charge is 0.493 e. The lowest BCUT2D eigenvalue weighted by Crippen LogP contribution is -1.97. The first-order chi connectivity index (χ1) is 10.7. The summed E-state index contributed by atoms with van der Waals surface area (Å²) in [5.74, 6) is 1.10. The molecule has 3 rings (SSSR count). The highest BCUT2D eigenvalue weighted by Gasteiger charge is 2.13. The summed E-state index contributed by atoms with van der Waals surface area (Å²) in [5, 5.41) is 0.624. The van der Waals surface area contributed by atoms with Crippen LogP contribution in [0.5, 0.6) is 11.5 Å². The zero-order valence-electron chi connectivity index (χ0n) is 12.7. The van der Waals surface area contributed by atoms with E-state index in [1.165, 1.54) is 6.07 Å². The van der Waals surface area contributed by atoms with Crippen LogP contribution >= 0.6 is 0 Å². The molecule has 0 N–H and O–H groups in total. The number of hydrogen-bond acceptors (Lipinski definition) is 2. The Morgan fingerprint density at radius 2 is 1.82 bits per heavy atom. The van der Waals surface area contributed by atoms with Crippen molar-refractivity contribution in [3.05, 3.63) is 60.0 Å². The van der Waals surface area contributed by atoms with Crippen LogP contribution in [-0.4, -0.2) is 11.7 Å². The summed E-state index contributed by atoms with van der Waals surface area (Å²) in [7, 11) is 1.60. The van der Waals surface area contributed by atoms with Gasteiger partial charge >= 0.3 is 0 Å². The maximum absolute atomic E-state index is 14.2. The number of halogens is 1. The SMILES string of the molecule is CCn1cc(COc2ccccc2OC)c2c(F)cccc21. The van der Waals surface area contributed by atoms with Gasteiger partial charge in [-0.1, -0.05) is 18.2 Å². The molecule has 0 aliphatic carbocycles. The second-order valence-electron chi connectivity index (χ2n) is 5.01.